The quantitative estimate of drug-likeness (QED) is 0.827. The predicted octanol–water partition coefficient (Wildman–Crippen LogP) is 3.11. The second-order valence-electron chi connectivity index (χ2n) is 4.09. The minimum absolute atomic E-state index is 0.776. The van der Waals surface area contributed by atoms with Crippen LogP contribution in [0.4, 0.5) is 5.82 Å². The van der Waals surface area contributed by atoms with E-state index in [1.165, 1.54) is 12.2 Å². The topological polar surface area (TPSA) is 37.8 Å². The van der Waals surface area contributed by atoms with Crippen molar-refractivity contribution in [2.24, 2.45) is 5.92 Å². The Bertz CT molecular complexity index is 328. The Balaban J connectivity index is 2.50. The molecule has 4 heteroatoms. The van der Waals surface area contributed by atoms with Gasteiger partial charge in [0.05, 0.1) is 5.75 Å². The van der Waals surface area contributed by atoms with Crippen molar-refractivity contribution < 1.29 is 0 Å². The van der Waals surface area contributed by atoms with Crippen LogP contribution in [0.5, 0.6) is 0 Å². The number of hydrogen-bond donors (Lipinski definition) is 1. The van der Waals surface area contributed by atoms with Crippen molar-refractivity contribution in [2.75, 3.05) is 18.1 Å². The van der Waals surface area contributed by atoms with Crippen molar-refractivity contribution >= 4 is 17.6 Å². The Kier molecular flexibility index (Phi) is 5.60. The molecule has 0 spiro atoms. The molecule has 0 saturated carbocycles. The normalized spacial score (nSPS) is 12.5. The first-order valence-corrected chi connectivity index (χ1v) is 6.91. The Hall–Kier alpha value is -0.770. The van der Waals surface area contributed by atoms with E-state index in [-0.39, 0.29) is 0 Å². The molecule has 1 unspecified atom stereocenters. The summed E-state index contributed by atoms with van der Waals surface area (Å²) in [6, 6.07) is 1.96. The fraction of sp³-hybridized carbons (Fsp3) is 0.667. The molecule has 16 heavy (non-hydrogen) atoms. The van der Waals surface area contributed by atoms with Crippen LogP contribution in [0.15, 0.2) is 6.07 Å². The molecule has 1 aromatic heterocycles. The SMILES string of the molecule is CCC(C)CSCc1nc(C)cc(NC)n1. The molecule has 0 saturated heterocycles. The maximum absolute atomic E-state index is 4.43. The van der Waals surface area contributed by atoms with Crippen LogP contribution in [0.1, 0.15) is 31.8 Å². The van der Waals surface area contributed by atoms with E-state index >= 15 is 0 Å². The second kappa shape index (κ2) is 6.74. The molecule has 0 bridgehead atoms. The van der Waals surface area contributed by atoms with Gasteiger partial charge in [-0.1, -0.05) is 20.3 Å². The van der Waals surface area contributed by atoms with Crippen LogP contribution in [0.25, 0.3) is 0 Å². The number of rotatable bonds is 6. The van der Waals surface area contributed by atoms with Crippen molar-refractivity contribution in [1.82, 2.24) is 9.97 Å². The molecule has 90 valence electrons. The molecule has 0 aromatic carbocycles. The van der Waals surface area contributed by atoms with E-state index in [9.17, 15) is 0 Å². The van der Waals surface area contributed by atoms with Gasteiger partial charge in [0.25, 0.3) is 0 Å². The lowest BCUT2D eigenvalue weighted by Crippen LogP contribution is -2.02. The molecule has 1 N–H and O–H groups in total. The molecule has 0 radical (unpaired) electrons. The van der Waals surface area contributed by atoms with Crippen molar-refractivity contribution in [2.45, 2.75) is 32.9 Å². The van der Waals surface area contributed by atoms with Crippen molar-refractivity contribution in [3.05, 3.63) is 17.6 Å². The number of anilines is 1. The summed E-state index contributed by atoms with van der Waals surface area (Å²) in [5.74, 6) is 4.70. The van der Waals surface area contributed by atoms with Gasteiger partial charge in [-0.05, 0) is 18.6 Å². The number of hydrogen-bond acceptors (Lipinski definition) is 4. The van der Waals surface area contributed by atoms with Crippen molar-refractivity contribution in [1.29, 1.82) is 0 Å². The number of nitrogens with zero attached hydrogens (tertiary/aromatic N) is 2. The zero-order chi connectivity index (χ0) is 12.0. The highest BCUT2D eigenvalue weighted by Crippen LogP contribution is 2.16. The van der Waals surface area contributed by atoms with Crippen molar-refractivity contribution in [3.63, 3.8) is 0 Å². The number of thioether (sulfide) groups is 1. The summed E-state index contributed by atoms with van der Waals surface area (Å²) in [7, 11) is 1.89. The molecule has 1 atom stereocenters. The lowest BCUT2D eigenvalue weighted by Gasteiger charge is -2.08. The Morgan fingerprint density at radius 2 is 2.19 bits per heavy atom. The summed E-state index contributed by atoms with van der Waals surface area (Å²) in [5.41, 5.74) is 1.03. The average Bonchev–Trinajstić information content (AvgIpc) is 2.28. The minimum atomic E-state index is 0.776. The highest BCUT2D eigenvalue weighted by Gasteiger charge is 2.03. The van der Waals surface area contributed by atoms with Gasteiger partial charge < -0.3 is 5.32 Å². The van der Waals surface area contributed by atoms with Gasteiger partial charge in [-0.25, -0.2) is 9.97 Å². The first-order valence-electron chi connectivity index (χ1n) is 5.75. The standard InChI is InChI=1S/C12H21N3S/c1-5-9(2)7-16-8-12-14-10(3)6-11(13-4)15-12/h6,9H,5,7-8H2,1-4H3,(H,13,14,15). The summed E-state index contributed by atoms with van der Waals surface area (Å²) >= 11 is 1.91. The fourth-order valence-corrected chi connectivity index (χ4v) is 2.36. The molecule has 0 aliphatic carbocycles. The minimum Gasteiger partial charge on any atom is -0.373 e. The smallest absolute Gasteiger partial charge is 0.140 e. The molecular weight excluding hydrogens is 218 g/mol. The lowest BCUT2D eigenvalue weighted by atomic mass is 10.2. The van der Waals surface area contributed by atoms with Gasteiger partial charge in [-0.15, -0.1) is 0 Å². The van der Waals surface area contributed by atoms with Gasteiger partial charge in [0.1, 0.15) is 11.6 Å². The Labute approximate surface area is 102 Å². The average molecular weight is 239 g/mol. The summed E-state index contributed by atoms with van der Waals surface area (Å²) in [6.45, 7) is 6.52. The zero-order valence-electron chi connectivity index (χ0n) is 10.6. The van der Waals surface area contributed by atoms with Gasteiger partial charge in [0.2, 0.25) is 0 Å². The van der Waals surface area contributed by atoms with E-state index in [1.807, 2.05) is 31.8 Å². The molecule has 0 aliphatic rings. The zero-order valence-corrected chi connectivity index (χ0v) is 11.4. The van der Waals surface area contributed by atoms with Crippen LogP contribution in [0, 0.1) is 12.8 Å². The van der Waals surface area contributed by atoms with Crippen molar-refractivity contribution in [3.8, 4) is 0 Å². The van der Waals surface area contributed by atoms with Gasteiger partial charge in [0.15, 0.2) is 0 Å². The molecule has 0 amide bonds. The summed E-state index contributed by atoms with van der Waals surface area (Å²) in [6.07, 6.45) is 1.24. The fourth-order valence-electron chi connectivity index (χ4n) is 1.29. The van der Waals surface area contributed by atoms with Gasteiger partial charge in [-0.3, -0.25) is 0 Å². The van der Waals surface area contributed by atoms with E-state index in [2.05, 4.69) is 29.1 Å². The third-order valence-electron chi connectivity index (χ3n) is 2.49. The third-order valence-corrected chi connectivity index (χ3v) is 3.75. The second-order valence-corrected chi connectivity index (χ2v) is 5.12. The van der Waals surface area contributed by atoms with Crippen LogP contribution < -0.4 is 5.32 Å². The molecule has 1 aromatic rings. The summed E-state index contributed by atoms with van der Waals surface area (Å²) in [4.78, 5) is 8.86. The van der Waals surface area contributed by atoms with E-state index < -0.39 is 0 Å². The van der Waals surface area contributed by atoms with Gasteiger partial charge >= 0.3 is 0 Å². The number of nitrogens with one attached hydrogen (secondary N) is 1. The lowest BCUT2D eigenvalue weighted by molar-refractivity contribution is 0.636. The molecule has 3 nitrogen and oxygen atoms in total. The van der Waals surface area contributed by atoms with E-state index in [0.717, 1.165) is 29.0 Å². The Morgan fingerprint density at radius 1 is 1.44 bits per heavy atom. The molecular formula is C12H21N3S. The highest BCUT2D eigenvalue weighted by atomic mass is 32.2. The van der Waals surface area contributed by atoms with Crippen LogP contribution in [0.2, 0.25) is 0 Å². The molecule has 0 aliphatic heterocycles. The van der Waals surface area contributed by atoms with E-state index in [0.29, 0.717) is 0 Å². The summed E-state index contributed by atoms with van der Waals surface area (Å²) < 4.78 is 0. The van der Waals surface area contributed by atoms with Crippen LogP contribution in [0.3, 0.4) is 0 Å². The van der Waals surface area contributed by atoms with Crippen LogP contribution in [-0.2, 0) is 5.75 Å². The number of aryl methyl sites for hydroxylation is 1. The highest BCUT2D eigenvalue weighted by molar-refractivity contribution is 7.98. The predicted molar refractivity (Wildman–Crippen MR) is 71.9 cm³/mol. The summed E-state index contributed by atoms with van der Waals surface area (Å²) in [5, 5.41) is 3.06. The number of aromatic nitrogens is 2. The molecule has 1 heterocycles. The maximum Gasteiger partial charge on any atom is 0.140 e. The largest absolute Gasteiger partial charge is 0.373 e. The Morgan fingerprint density at radius 3 is 2.81 bits per heavy atom. The first kappa shape index (κ1) is 13.3. The first-order chi connectivity index (χ1) is 7.65. The van der Waals surface area contributed by atoms with Gasteiger partial charge in [-0.2, -0.15) is 11.8 Å². The molecule has 1 rings (SSSR count). The van der Waals surface area contributed by atoms with Crippen LogP contribution >= 0.6 is 11.8 Å². The van der Waals surface area contributed by atoms with E-state index in [4.69, 9.17) is 0 Å². The van der Waals surface area contributed by atoms with E-state index in [1.54, 1.807) is 0 Å². The van der Waals surface area contributed by atoms with Crippen LogP contribution in [-0.4, -0.2) is 22.8 Å². The monoisotopic (exact) mass is 239 g/mol. The third kappa shape index (κ3) is 4.39. The van der Waals surface area contributed by atoms with Gasteiger partial charge in [0, 0.05) is 18.8 Å². The molecule has 0 fully saturated rings. The maximum atomic E-state index is 4.43.